The van der Waals surface area contributed by atoms with Crippen molar-refractivity contribution in [1.29, 1.82) is 0 Å². The SMILES string of the molecule is C[C@H](NC(=O)OC(C)(C)C)c1ccc(-c2ccncc2)cc1. The largest absolute Gasteiger partial charge is 0.444 e. The topological polar surface area (TPSA) is 51.2 Å². The van der Waals surface area contributed by atoms with Gasteiger partial charge in [-0.05, 0) is 56.5 Å². The van der Waals surface area contributed by atoms with E-state index in [2.05, 4.69) is 10.3 Å². The molecule has 1 atom stereocenters. The number of benzene rings is 1. The van der Waals surface area contributed by atoms with Crippen LogP contribution in [0.3, 0.4) is 0 Å². The van der Waals surface area contributed by atoms with Gasteiger partial charge in [-0.15, -0.1) is 0 Å². The molecule has 4 heteroatoms. The normalized spacial score (nSPS) is 12.5. The number of nitrogens with zero attached hydrogens (tertiary/aromatic N) is 1. The first kappa shape index (κ1) is 16.0. The maximum absolute atomic E-state index is 11.8. The quantitative estimate of drug-likeness (QED) is 0.917. The van der Waals surface area contributed by atoms with Crippen LogP contribution >= 0.6 is 0 Å². The molecular formula is C18H22N2O2. The molecule has 1 aromatic carbocycles. The van der Waals surface area contributed by atoms with Crippen molar-refractivity contribution in [3.8, 4) is 11.1 Å². The molecule has 0 spiro atoms. The minimum absolute atomic E-state index is 0.110. The summed E-state index contributed by atoms with van der Waals surface area (Å²) < 4.78 is 5.27. The van der Waals surface area contributed by atoms with Gasteiger partial charge in [0.2, 0.25) is 0 Å². The van der Waals surface area contributed by atoms with Crippen molar-refractivity contribution in [1.82, 2.24) is 10.3 Å². The van der Waals surface area contributed by atoms with Crippen LogP contribution in [0.2, 0.25) is 0 Å². The van der Waals surface area contributed by atoms with E-state index in [1.807, 2.05) is 64.1 Å². The molecule has 0 aliphatic rings. The molecular weight excluding hydrogens is 276 g/mol. The maximum atomic E-state index is 11.8. The molecule has 116 valence electrons. The number of carbonyl (C=O) groups is 1. The highest BCUT2D eigenvalue weighted by molar-refractivity contribution is 5.68. The molecule has 0 unspecified atom stereocenters. The maximum Gasteiger partial charge on any atom is 0.408 e. The Kier molecular flexibility index (Phi) is 4.81. The number of alkyl carbamates (subject to hydrolysis) is 1. The van der Waals surface area contributed by atoms with Crippen LogP contribution in [0.25, 0.3) is 11.1 Å². The summed E-state index contributed by atoms with van der Waals surface area (Å²) in [4.78, 5) is 15.8. The number of aromatic nitrogens is 1. The van der Waals surface area contributed by atoms with Gasteiger partial charge in [-0.3, -0.25) is 4.98 Å². The second-order valence-electron chi connectivity index (χ2n) is 6.23. The second-order valence-corrected chi connectivity index (χ2v) is 6.23. The minimum atomic E-state index is -0.491. The number of amides is 1. The highest BCUT2D eigenvalue weighted by Gasteiger charge is 2.18. The van der Waals surface area contributed by atoms with Gasteiger partial charge in [0.05, 0.1) is 6.04 Å². The Morgan fingerprint density at radius 2 is 1.59 bits per heavy atom. The Morgan fingerprint density at radius 3 is 2.14 bits per heavy atom. The van der Waals surface area contributed by atoms with E-state index >= 15 is 0 Å². The predicted octanol–water partition coefficient (Wildman–Crippen LogP) is 4.33. The molecule has 1 heterocycles. The first-order valence-electron chi connectivity index (χ1n) is 7.35. The molecule has 4 nitrogen and oxygen atoms in total. The van der Waals surface area contributed by atoms with Gasteiger partial charge in [0.15, 0.2) is 0 Å². The highest BCUT2D eigenvalue weighted by atomic mass is 16.6. The molecule has 2 aromatic rings. The van der Waals surface area contributed by atoms with E-state index in [4.69, 9.17) is 4.74 Å². The van der Waals surface area contributed by atoms with Gasteiger partial charge >= 0.3 is 6.09 Å². The lowest BCUT2D eigenvalue weighted by Crippen LogP contribution is -2.34. The predicted molar refractivity (Wildman–Crippen MR) is 87.5 cm³/mol. The van der Waals surface area contributed by atoms with Crippen LogP contribution in [-0.2, 0) is 4.74 Å². The molecule has 0 aliphatic carbocycles. The zero-order valence-electron chi connectivity index (χ0n) is 13.5. The van der Waals surface area contributed by atoms with Gasteiger partial charge in [-0.1, -0.05) is 24.3 Å². The minimum Gasteiger partial charge on any atom is -0.444 e. The Labute approximate surface area is 131 Å². The molecule has 0 fully saturated rings. The fourth-order valence-electron chi connectivity index (χ4n) is 2.08. The van der Waals surface area contributed by atoms with Crippen molar-refractivity contribution in [2.24, 2.45) is 0 Å². The first-order chi connectivity index (χ1) is 10.3. The summed E-state index contributed by atoms with van der Waals surface area (Å²) in [5.41, 5.74) is 2.78. The summed E-state index contributed by atoms with van der Waals surface area (Å²) in [6.07, 6.45) is 3.14. The average molecular weight is 298 g/mol. The number of pyridine rings is 1. The summed E-state index contributed by atoms with van der Waals surface area (Å²) in [5.74, 6) is 0. The number of hydrogen-bond donors (Lipinski definition) is 1. The van der Waals surface area contributed by atoms with Crippen LogP contribution in [0.1, 0.15) is 39.3 Å². The lowest BCUT2D eigenvalue weighted by molar-refractivity contribution is 0.0508. The Hall–Kier alpha value is -2.36. The van der Waals surface area contributed by atoms with Crippen LogP contribution in [0.5, 0.6) is 0 Å². The third-order valence-corrected chi connectivity index (χ3v) is 3.16. The molecule has 0 aliphatic heterocycles. The summed E-state index contributed by atoms with van der Waals surface area (Å²) in [7, 11) is 0. The van der Waals surface area contributed by atoms with E-state index in [0.29, 0.717) is 0 Å². The van der Waals surface area contributed by atoms with Crippen molar-refractivity contribution < 1.29 is 9.53 Å². The number of nitrogens with one attached hydrogen (secondary N) is 1. The molecule has 0 saturated carbocycles. The van der Waals surface area contributed by atoms with Crippen molar-refractivity contribution in [3.63, 3.8) is 0 Å². The van der Waals surface area contributed by atoms with Gasteiger partial charge in [0.25, 0.3) is 0 Å². The van der Waals surface area contributed by atoms with E-state index in [0.717, 1.165) is 16.7 Å². The summed E-state index contributed by atoms with van der Waals surface area (Å²) in [5, 5.41) is 2.84. The van der Waals surface area contributed by atoms with Gasteiger partial charge in [0, 0.05) is 12.4 Å². The van der Waals surface area contributed by atoms with Crippen molar-refractivity contribution in [2.75, 3.05) is 0 Å². The summed E-state index contributed by atoms with van der Waals surface area (Å²) >= 11 is 0. The third-order valence-electron chi connectivity index (χ3n) is 3.16. The van der Waals surface area contributed by atoms with Crippen molar-refractivity contribution in [3.05, 3.63) is 54.4 Å². The van der Waals surface area contributed by atoms with E-state index in [9.17, 15) is 4.79 Å². The lowest BCUT2D eigenvalue weighted by Gasteiger charge is -2.22. The molecule has 0 saturated heterocycles. The first-order valence-corrected chi connectivity index (χ1v) is 7.35. The van der Waals surface area contributed by atoms with Crippen LogP contribution in [0.4, 0.5) is 4.79 Å². The van der Waals surface area contributed by atoms with Crippen LogP contribution in [0, 0.1) is 0 Å². The highest BCUT2D eigenvalue weighted by Crippen LogP contribution is 2.21. The zero-order chi connectivity index (χ0) is 16.2. The number of rotatable bonds is 3. The van der Waals surface area contributed by atoms with Gasteiger partial charge < -0.3 is 10.1 Å². The molecule has 2 rings (SSSR count). The summed E-state index contributed by atoms with van der Waals surface area (Å²) in [6, 6.07) is 11.9. The van der Waals surface area contributed by atoms with E-state index in [1.54, 1.807) is 12.4 Å². The van der Waals surface area contributed by atoms with E-state index < -0.39 is 11.7 Å². The molecule has 1 N–H and O–H groups in total. The van der Waals surface area contributed by atoms with Gasteiger partial charge in [-0.2, -0.15) is 0 Å². The van der Waals surface area contributed by atoms with Crippen LogP contribution in [0.15, 0.2) is 48.8 Å². The number of hydrogen-bond acceptors (Lipinski definition) is 3. The number of ether oxygens (including phenoxy) is 1. The fourth-order valence-corrected chi connectivity index (χ4v) is 2.08. The molecule has 0 bridgehead atoms. The number of carbonyl (C=O) groups excluding carboxylic acids is 1. The molecule has 0 radical (unpaired) electrons. The standard InChI is InChI=1S/C18H22N2O2/c1-13(20-17(21)22-18(2,3)4)14-5-7-15(8-6-14)16-9-11-19-12-10-16/h5-13H,1-4H3,(H,20,21)/t13-/m0/s1. The van der Waals surface area contributed by atoms with Gasteiger partial charge in [0.1, 0.15) is 5.60 Å². The Bertz CT molecular complexity index is 616. The zero-order valence-corrected chi connectivity index (χ0v) is 13.5. The molecule has 1 aromatic heterocycles. The molecule has 22 heavy (non-hydrogen) atoms. The second kappa shape index (κ2) is 6.60. The van der Waals surface area contributed by atoms with E-state index in [1.165, 1.54) is 0 Å². The van der Waals surface area contributed by atoms with Crippen molar-refractivity contribution in [2.45, 2.75) is 39.3 Å². The van der Waals surface area contributed by atoms with Crippen molar-refractivity contribution >= 4 is 6.09 Å². The smallest absolute Gasteiger partial charge is 0.408 e. The fraction of sp³-hybridized carbons (Fsp3) is 0.333. The third kappa shape index (κ3) is 4.58. The average Bonchev–Trinajstić information content (AvgIpc) is 2.46. The summed E-state index contributed by atoms with van der Waals surface area (Å²) in [6.45, 7) is 7.48. The Balaban J connectivity index is 2.02. The Morgan fingerprint density at radius 1 is 1.05 bits per heavy atom. The van der Waals surface area contributed by atoms with Crippen LogP contribution in [-0.4, -0.2) is 16.7 Å². The lowest BCUT2D eigenvalue weighted by atomic mass is 10.0. The monoisotopic (exact) mass is 298 g/mol. The van der Waals surface area contributed by atoms with E-state index in [-0.39, 0.29) is 6.04 Å². The van der Waals surface area contributed by atoms with Crippen LogP contribution < -0.4 is 5.32 Å². The van der Waals surface area contributed by atoms with Gasteiger partial charge in [-0.25, -0.2) is 4.79 Å². The molecule has 1 amide bonds.